The lowest BCUT2D eigenvalue weighted by atomic mass is 9.49. The smallest absolute Gasteiger partial charge is 0.303 e. The van der Waals surface area contributed by atoms with E-state index in [4.69, 9.17) is 4.74 Å². The number of ketones is 1. The number of carbonyl (C=O) groups excluding carboxylic acids is 2. The first-order valence-corrected chi connectivity index (χ1v) is 13.8. The lowest BCUT2D eigenvalue weighted by molar-refractivity contribution is -0.159. The molecular formula is C29H48O5. The van der Waals surface area contributed by atoms with Crippen molar-refractivity contribution < 1.29 is 24.2 Å². The van der Waals surface area contributed by atoms with Crippen molar-refractivity contribution >= 4 is 17.7 Å². The highest BCUT2D eigenvalue weighted by molar-refractivity contribution is 5.86. The lowest BCUT2D eigenvalue weighted by Gasteiger charge is -2.55. The molecule has 0 heterocycles. The zero-order chi connectivity index (χ0) is 25.3. The van der Waals surface area contributed by atoms with E-state index < -0.39 is 11.4 Å². The predicted octanol–water partition coefficient (Wildman–Crippen LogP) is 6.67. The number of hydrogen-bond acceptors (Lipinski definition) is 4. The van der Waals surface area contributed by atoms with Crippen LogP contribution in [0.3, 0.4) is 0 Å². The van der Waals surface area contributed by atoms with Gasteiger partial charge in [0.15, 0.2) is 0 Å². The molecule has 3 fully saturated rings. The number of hydrogen-bond donors (Lipinski definition) is 1. The molecule has 194 valence electrons. The summed E-state index contributed by atoms with van der Waals surface area (Å²) in [5, 5.41) is 9.88. The Hall–Kier alpha value is -1.39. The average Bonchev–Trinajstić information content (AvgIpc) is 3.07. The molecule has 0 amide bonds. The van der Waals surface area contributed by atoms with E-state index in [0.717, 1.165) is 25.2 Å². The van der Waals surface area contributed by atoms with Gasteiger partial charge in [-0.3, -0.25) is 14.4 Å². The largest absolute Gasteiger partial charge is 0.481 e. The molecule has 3 rings (SSSR count). The van der Waals surface area contributed by atoms with Crippen molar-refractivity contribution in [1.82, 2.24) is 0 Å². The third kappa shape index (κ3) is 5.54. The summed E-state index contributed by atoms with van der Waals surface area (Å²) < 4.78 is 5.35. The summed E-state index contributed by atoms with van der Waals surface area (Å²) in [6, 6.07) is 0. The Morgan fingerprint density at radius 3 is 2.32 bits per heavy atom. The minimum Gasteiger partial charge on any atom is -0.481 e. The minimum atomic E-state index is -0.739. The van der Waals surface area contributed by atoms with Crippen LogP contribution in [0.15, 0.2) is 0 Å². The topological polar surface area (TPSA) is 80.7 Å². The number of rotatable bonds is 9. The van der Waals surface area contributed by atoms with Crippen LogP contribution in [0.1, 0.15) is 112 Å². The molecule has 0 aliphatic heterocycles. The molecule has 0 aromatic heterocycles. The van der Waals surface area contributed by atoms with Gasteiger partial charge < -0.3 is 9.84 Å². The summed E-state index contributed by atoms with van der Waals surface area (Å²) in [6.07, 6.45) is 9.57. The van der Waals surface area contributed by atoms with E-state index in [-0.39, 0.29) is 47.9 Å². The van der Waals surface area contributed by atoms with Crippen molar-refractivity contribution in [3.8, 4) is 0 Å². The summed E-state index contributed by atoms with van der Waals surface area (Å²) in [5.41, 5.74) is -0.346. The number of aliphatic carboxylic acids is 1. The van der Waals surface area contributed by atoms with Gasteiger partial charge in [-0.15, -0.1) is 0 Å². The summed E-state index contributed by atoms with van der Waals surface area (Å²) in [5.74, 6) is 1.64. The maximum Gasteiger partial charge on any atom is 0.303 e. The van der Waals surface area contributed by atoms with Crippen molar-refractivity contribution in [2.45, 2.75) is 118 Å². The molecule has 5 heteroatoms. The van der Waals surface area contributed by atoms with Gasteiger partial charge in [0, 0.05) is 25.2 Å². The zero-order valence-corrected chi connectivity index (χ0v) is 22.4. The number of carboxylic acids is 1. The SMILES string of the molecule is CC(=O)O[C@H]1CC[C@@](C)([C@H]2CC[C@@]3(C)[C@@H](CC[C@H]3[C@@H](C)CCCC(C)C)[C@H]2CC(=O)O)C(=O)C1. The normalized spacial score (nSPS) is 39.0. The van der Waals surface area contributed by atoms with E-state index >= 15 is 0 Å². The van der Waals surface area contributed by atoms with Crippen molar-refractivity contribution in [2.75, 3.05) is 0 Å². The maximum atomic E-state index is 13.4. The van der Waals surface area contributed by atoms with Gasteiger partial charge in [0.05, 0.1) is 0 Å². The summed E-state index contributed by atoms with van der Waals surface area (Å²) in [4.78, 5) is 36.8. The molecule has 0 saturated heterocycles. The standard InChI is InChI=1S/C29H48O5/c1-18(2)8-7-9-19(3)23-10-11-24-22(17-27(32)33)25(13-15-28(23,24)5)29(6)14-12-21(16-26(29)31)34-20(4)30/h18-19,21-25H,7-17H2,1-6H3,(H,32,33)/t19-,21-,22+,23-,24-,25-,28+,29-/m0/s1. The van der Waals surface area contributed by atoms with E-state index in [0.29, 0.717) is 30.6 Å². The molecule has 34 heavy (non-hydrogen) atoms. The Bertz CT molecular complexity index is 760. The predicted molar refractivity (Wildman–Crippen MR) is 133 cm³/mol. The number of ether oxygens (including phenoxy) is 1. The van der Waals surface area contributed by atoms with E-state index in [1.807, 2.05) is 0 Å². The Morgan fingerprint density at radius 2 is 1.74 bits per heavy atom. The van der Waals surface area contributed by atoms with Crippen LogP contribution in [0, 0.1) is 46.3 Å². The van der Waals surface area contributed by atoms with E-state index in [1.54, 1.807) is 0 Å². The van der Waals surface area contributed by atoms with Crippen molar-refractivity contribution in [2.24, 2.45) is 46.3 Å². The van der Waals surface area contributed by atoms with Gasteiger partial charge in [-0.25, -0.2) is 0 Å². The van der Waals surface area contributed by atoms with Crippen molar-refractivity contribution in [1.29, 1.82) is 0 Å². The zero-order valence-electron chi connectivity index (χ0n) is 22.4. The second kappa shape index (κ2) is 10.7. The molecule has 0 aromatic rings. The monoisotopic (exact) mass is 476 g/mol. The highest BCUT2D eigenvalue weighted by Crippen LogP contribution is 2.65. The number of Topliss-reactive ketones (excluding diaryl/α,β-unsaturated/α-hetero) is 1. The molecule has 3 aliphatic carbocycles. The summed E-state index contributed by atoms with van der Waals surface area (Å²) in [7, 11) is 0. The third-order valence-corrected chi connectivity index (χ3v) is 10.2. The van der Waals surface area contributed by atoms with Gasteiger partial charge in [-0.2, -0.15) is 0 Å². The molecule has 8 atom stereocenters. The van der Waals surface area contributed by atoms with Crippen LogP contribution < -0.4 is 0 Å². The number of carboxylic acid groups (broad SMARTS) is 1. The third-order valence-electron chi connectivity index (χ3n) is 10.2. The Morgan fingerprint density at radius 1 is 1.03 bits per heavy atom. The van der Waals surface area contributed by atoms with E-state index in [2.05, 4.69) is 34.6 Å². The molecule has 0 unspecified atom stereocenters. The van der Waals surface area contributed by atoms with Gasteiger partial charge in [-0.05, 0) is 79.4 Å². The molecule has 5 nitrogen and oxygen atoms in total. The van der Waals surface area contributed by atoms with Crippen LogP contribution in [0.2, 0.25) is 0 Å². The highest BCUT2D eigenvalue weighted by Gasteiger charge is 2.59. The van der Waals surface area contributed by atoms with Crippen molar-refractivity contribution in [3.05, 3.63) is 0 Å². The Balaban J connectivity index is 1.78. The second-order valence-electron chi connectivity index (χ2n) is 12.8. The minimum absolute atomic E-state index is 0.0448. The number of carbonyl (C=O) groups is 3. The van der Waals surface area contributed by atoms with Crippen LogP contribution in [0.4, 0.5) is 0 Å². The van der Waals surface area contributed by atoms with Gasteiger partial charge in [0.2, 0.25) is 0 Å². The maximum absolute atomic E-state index is 13.4. The molecule has 0 radical (unpaired) electrons. The van der Waals surface area contributed by atoms with Gasteiger partial charge >= 0.3 is 11.9 Å². The summed E-state index contributed by atoms with van der Waals surface area (Å²) in [6.45, 7) is 12.9. The number of esters is 1. The molecule has 3 aliphatic rings. The van der Waals surface area contributed by atoms with Crippen LogP contribution in [-0.2, 0) is 19.1 Å². The molecular weight excluding hydrogens is 428 g/mol. The Labute approximate surface area is 206 Å². The fourth-order valence-electron chi connectivity index (χ4n) is 8.46. The first kappa shape index (κ1) is 27.2. The Kier molecular flexibility index (Phi) is 8.56. The van der Waals surface area contributed by atoms with E-state index in [1.165, 1.54) is 32.6 Å². The quantitative estimate of drug-likeness (QED) is 0.376. The fraction of sp³-hybridized carbons (Fsp3) is 0.897. The first-order chi connectivity index (χ1) is 15.9. The second-order valence-corrected chi connectivity index (χ2v) is 12.8. The van der Waals surface area contributed by atoms with Crippen LogP contribution in [0.25, 0.3) is 0 Å². The van der Waals surface area contributed by atoms with Gasteiger partial charge in [0.25, 0.3) is 0 Å². The van der Waals surface area contributed by atoms with Crippen molar-refractivity contribution in [3.63, 3.8) is 0 Å². The summed E-state index contributed by atoms with van der Waals surface area (Å²) >= 11 is 0. The lowest BCUT2D eigenvalue weighted by Crippen LogP contribution is -2.52. The first-order valence-electron chi connectivity index (χ1n) is 13.8. The molecule has 0 spiro atoms. The van der Waals surface area contributed by atoms with Crippen LogP contribution in [-0.4, -0.2) is 28.9 Å². The van der Waals surface area contributed by atoms with Gasteiger partial charge in [-0.1, -0.05) is 53.9 Å². The molecule has 0 aromatic carbocycles. The number of fused-ring (bicyclic) bond motifs is 1. The van der Waals surface area contributed by atoms with Crippen LogP contribution >= 0.6 is 0 Å². The van der Waals surface area contributed by atoms with Crippen LogP contribution in [0.5, 0.6) is 0 Å². The molecule has 3 saturated carbocycles. The molecule has 1 N–H and O–H groups in total. The average molecular weight is 477 g/mol. The molecule has 0 bridgehead atoms. The van der Waals surface area contributed by atoms with Gasteiger partial charge in [0.1, 0.15) is 11.9 Å². The van der Waals surface area contributed by atoms with E-state index in [9.17, 15) is 19.5 Å². The highest BCUT2D eigenvalue weighted by atomic mass is 16.5. The fourth-order valence-corrected chi connectivity index (χ4v) is 8.46.